The Hall–Kier alpha value is -2.13. The summed E-state index contributed by atoms with van der Waals surface area (Å²) < 4.78 is 12.2. The van der Waals surface area contributed by atoms with E-state index in [9.17, 15) is 0 Å². The average Bonchev–Trinajstić information content (AvgIpc) is 2.89. The van der Waals surface area contributed by atoms with Gasteiger partial charge in [0.25, 0.3) is 0 Å². The molecule has 2 nitrogen and oxygen atoms in total. The minimum atomic E-state index is 0.498. The van der Waals surface area contributed by atoms with E-state index in [-0.39, 0.29) is 0 Å². The molecule has 2 aromatic heterocycles. The van der Waals surface area contributed by atoms with Crippen LogP contribution in [0.1, 0.15) is 18.1 Å². The first-order valence-electron chi connectivity index (χ1n) is 7.06. The third kappa shape index (κ3) is 1.67. The lowest BCUT2D eigenvalue weighted by Crippen LogP contribution is -1.85. The van der Waals surface area contributed by atoms with E-state index in [4.69, 9.17) is 21.1 Å². The van der Waals surface area contributed by atoms with Crippen LogP contribution in [-0.4, -0.2) is 0 Å². The summed E-state index contributed by atoms with van der Waals surface area (Å²) in [6.07, 6.45) is 2.73. The summed E-state index contributed by atoms with van der Waals surface area (Å²) in [4.78, 5) is 0. The smallest absolute Gasteiger partial charge is 0.202 e. The molecule has 0 fully saturated rings. The van der Waals surface area contributed by atoms with Crippen LogP contribution in [0.25, 0.3) is 32.7 Å². The number of aryl methyl sites for hydroxylation is 2. The Bertz CT molecular complexity index is 1050. The molecule has 0 amide bonds. The van der Waals surface area contributed by atoms with E-state index in [2.05, 4.69) is 37.3 Å². The fourth-order valence-corrected chi connectivity index (χ4v) is 3.37. The van der Waals surface area contributed by atoms with Crippen LogP contribution in [0.15, 0.2) is 45.4 Å². The van der Waals surface area contributed by atoms with E-state index in [1.165, 1.54) is 10.9 Å². The fourth-order valence-electron chi connectivity index (χ4n) is 3.03. The van der Waals surface area contributed by atoms with Crippen LogP contribution in [0, 0.1) is 11.6 Å². The number of hydrogen-bond acceptors (Lipinski definition) is 3. The molecule has 0 aliphatic rings. The molecule has 0 saturated heterocycles. The predicted octanol–water partition coefficient (Wildman–Crippen LogP) is 5.93. The maximum Gasteiger partial charge on any atom is 0.202 e. The lowest BCUT2D eigenvalue weighted by atomic mass is 10.00. The molecule has 4 aromatic rings. The van der Waals surface area contributed by atoms with Crippen LogP contribution in [-0.2, 0) is 6.42 Å². The second kappa shape index (κ2) is 4.43. The van der Waals surface area contributed by atoms with Gasteiger partial charge in [0.05, 0.1) is 17.0 Å². The van der Waals surface area contributed by atoms with Gasteiger partial charge >= 0.3 is 0 Å². The molecule has 0 radical (unpaired) electrons. The molecule has 0 saturated carbocycles. The van der Waals surface area contributed by atoms with Gasteiger partial charge in [-0.25, -0.2) is 0 Å². The first-order chi connectivity index (χ1) is 10.2. The zero-order valence-corrected chi connectivity index (χ0v) is 12.7. The third-order valence-electron chi connectivity index (χ3n) is 4.10. The summed E-state index contributed by atoms with van der Waals surface area (Å²) in [5, 5.41) is 4.19. The summed E-state index contributed by atoms with van der Waals surface area (Å²) in [5.41, 5.74) is 3.96. The highest BCUT2D eigenvalue weighted by atomic mass is 32.1. The summed E-state index contributed by atoms with van der Waals surface area (Å²) >= 11 is 5.42. The number of furan rings is 1. The molecule has 0 bridgehead atoms. The van der Waals surface area contributed by atoms with Gasteiger partial charge < -0.3 is 8.83 Å². The number of rotatable bonds is 1. The second-order valence-corrected chi connectivity index (χ2v) is 5.69. The van der Waals surface area contributed by atoms with Crippen molar-refractivity contribution < 1.29 is 8.83 Å². The molecule has 2 aromatic carbocycles. The Morgan fingerprint density at radius 1 is 1.00 bits per heavy atom. The van der Waals surface area contributed by atoms with Crippen molar-refractivity contribution in [2.24, 2.45) is 0 Å². The standard InChI is InChI=1S/C18H14O2S/c1-3-11-5-4-6-13-12(11)7-8-14-16(13)20-18(21)15-10(2)9-19-17(14)15/h4-9H,3H2,1-2H3. The van der Waals surface area contributed by atoms with Crippen LogP contribution in [0.3, 0.4) is 0 Å². The van der Waals surface area contributed by atoms with Gasteiger partial charge in [-0.05, 0) is 48.1 Å². The second-order valence-electron chi connectivity index (χ2n) is 5.32. The molecule has 0 N–H and O–H groups in total. The van der Waals surface area contributed by atoms with Crippen LogP contribution >= 0.6 is 12.2 Å². The molecule has 104 valence electrons. The Morgan fingerprint density at radius 3 is 2.62 bits per heavy atom. The van der Waals surface area contributed by atoms with Crippen LogP contribution in [0.4, 0.5) is 0 Å². The number of benzene rings is 2. The molecule has 2 heterocycles. The quantitative estimate of drug-likeness (QED) is 0.321. The van der Waals surface area contributed by atoms with Crippen molar-refractivity contribution >= 4 is 44.9 Å². The maximum absolute atomic E-state index is 5.98. The molecule has 0 aliphatic carbocycles. The minimum Gasteiger partial charge on any atom is -0.463 e. The lowest BCUT2D eigenvalue weighted by molar-refractivity contribution is 0.588. The Labute approximate surface area is 127 Å². The normalized spacial score (nSPS) is 11.7. The summed E-state index contributed by atoms with van der Waals surface area (Å²) in [6.45, 7) is 4.15. The van der Waals surface area contributed by atoms with Gasteiger partial charge in [0.15, 0.2) is 0 Å². The molecular formula is C18H14O2S. The fraction of sp³-hybridized carbons (Fsp3) is 0.167. The first-order valence-corrected chi connectivity index (χ1v) is 7.46. The van der Waals surface area contributed by atoms with Gasteiger partial charge in [-0.2, -0.15) is 0 Å². The lowest BCUT2D eigenvalue weighted by Gasteiger charge is -2.07. The summed E-state index contributed by atoms with van der Waals surface area (Å²) in [5.74, 6) is 0. The van der Waals surface area contributed by atoms with Gasteiger partial charge in [-0.15, -0.1) is 0 Å². The van der Waals surface area contributed by atoms with Gasteiger partial charge in [0.1, 0.15) is 11.2 Å². The van der Waals surface area contributed by atoms with Crippen molar-refractivity contribution in [3.05, 3.63) is 52.4 Å². The average molecular weight is 294 g/mol. The summed E-state index contributed by atoms with van der Waals surface area (Å²) in [6, 6.07) is 10.5. The van der Waals surface area contributed by atoms with Crippen LogP contribution in [0.2, 0.25) is 0 Å². The Morgan fingerprint density at radius 2 is 1.81 bits per heavy atom. The van der Waals surface area contributed by atoms with Crippen molar-refractivity contribution in [3.8, 4) is 0 Å². The molecule has 4 rings (SSSR count). The largest absolute Gasteiger partial charge is 0.463 e. The topological polar surface area (TPSA) is 26.3 Å². The maximum atomic E-state index is 5.98. The van der Waals surface area contributed by atoms with Crippen LogP contribution < -0.4 is 0 Å². The van der Waals surface area contributed by atoms with Gasteiger partial charge in [-0.3, -0.25) is 0 Å². The SMILES string of the molecule is CCc1cccc2c1ccc1c3occ(C)c3c(=S)oc21. The molecule has 0 atom stereocenters. The highest BCUT2D eigenvalue weighted by Gasteiger charge is 2.14. The van der Waals surface area contributed by atoms with Crippen molar-refractivity contribution in [3.63, 3.8) is 0 Å². The van der Waals surface area contributed by atoms with Gasteiger partial charge in [0, 0.05) is 5.39 Å². The number of fused-ring (bicyclic) bond motifs is 5. The van der Waals surface area contributed by atoms with E-state index in [1.807, 2.05) is 6.92 Å². The third-order valence-corrected chi connectivity index (χ3v) is 4.39. The molecule has 0 aliphatic heterocycles. The molecule has 3 heteroatoms. The summed E-state index contributed by atoms with van der Waals surface area (Å²) in [7, 11) is 0. The molecule has 0 unspecified atom stereocenters. The van der Waals surface area contributed by atoms with Gasteiger partial charge in [-0.1, -0.05) is 31.2 Å². The molecule has 21 heavy (non-hydrogen) atoms. The predicted molar refractivity (Wildman–Crippen MR) is 88.4 cm³/mol. The monoisotopic (exact) mass is 294 g/mol. The highest BCUT2D eigenvalue weighted by Crippen LogP contribution is 2.35. The Kier molecular flexibility index (Phi) is 2.66. The van der Waals surface area contributed by atoms with E-state index in [0.717, 1.165) is 39.3 Å². The Balaban J connectivity index is 2.30. The highest BCUT2D eigenvalue weighted by molar-refractivity contribution is 7.71. The van der Waals surface area contributed by atoms with E-state index >= 15 is 0 Å². The minimum absolute atomic E-state index is 0.498. The van der Waals surface area contributed by atoms with Crippen LogP contribution in [0.5, 0.6) is 0 Å². The zero-order valence-electron chi connectivity index (χ0n) is 11.9. The van der Waals surface area contributed by atoms with E-state index in [1.54, 1.807) is 6.26 Å². The van der Waals surface area contributed by atoms with Crippen molar-refractivity contribution in [2.75, 3.05) is 0 Å². The van der Waals surface area contributed by atoms with E-state index < -0.39 is 0 Å². The van der Waals surface area contributed by atoms with Crippen molar-refractivity contribution in [1.29, 1.82) is 0 Å². The first kappa shape index (κ1) is 12.6. The zero-order chi connectivity index (χ0) is 14.6. The van der Waals surface area contributed by atoms with Gasteiger partial charge in [0.2, 0.25) is 4.71 Å². The number of hydrogen-bond donors (Lipinski definition) is 0. The van der Waals surface area contributed by atoms with Crippen molar-refractivity contribution in [1.82, 2.24) is 0 Å². The molecular weight excluding hydrogens is 280 g/mol. The van der Waals surface area contributed by atoms with Crippen molar-refractivity contribution in [2.45, 2.75) is 20.3 Å². The molecule has 0 spiro atoms. The van der Waals surface area contributed by atoms with E-state index in [0.29, 0.717) is 4.71 Å².